The number of hydrogen-bond acceptors (Lipinski definition) is 5. The molecule has 0 spiro atoms. The van der Waals surface area contributed by atoms with Crippen LogP contribution in [0.3, 0.4) is 0 Å². The van der Waals surface area contributed by atoms with Gasteiger partial charge in [-0.1, -0.05) is 29.8 Å². The molecule has 1 heterocycles. The Hall–Kier alpha value is -2.80. The summed E-state index contributed by atoms with van der Waals surface area (Å²) in [7, 11) is 0. The van der Waals surface area contributed by atoms with Crippen molar-refractivity contribution in [2.75, 3.05) is 11.9 Å². The van der Waals surface area contributed by atoms with Crippen LogP contribution in [-0.2, 0) is 4.79 Å². The molecular weight excluding hydrogens is 422 g/mol. The summed E-state index contributed by atoms with van der Waals surface area (Å²) in [6.07, 6.45) is 1.86. The Morgan fingerprint density at radius 2 is 1.86 bits per heavy atom. The van der Waals surface area contributed by atoms with Crippen molar-refractivity contribution >= 4 is 44.2 Å². The van der Waals surface area contributed by atoms with E-state index in [1.54, 1.807) is 24.3 Å². The van der Waals surface area contributed by atoms with E-state index in [4.69, 9.17) is 4.74 Å². The van der Waals surface area contributed by atoms with Crippen LogP contribution in [0.15, 0.2) is 53.3 Å². The molecule has 7 heteroatoms. The maximum Gasteiger partial charge on any atom is 0.224 e. The van der Waals surface area contributed by atoms with Crippen molar-refractivity contribution in [3.63, 3.8) is 0 Å². The largest absolute Gasteiger partial charge is 0.469 e. The zero-order valence-corrected chi connectivity index (χ0v) is 17.2. The Balaban J connectivity index is 1.64. The van der Waals surface area contributed by atoms with Gasteiger partial charge in [0.1, 0.15) is 6.33 Å². The lowest BCUT2D eigenvalue weighted by molar-refractivity contribution is -0.116. The van der Waals surface area contributed by atoms with Gasteiger partial charge in [-0.25, -0.2) is 9.97 Å². The Bertz CT molecular complexity index is 1000. The monoisotopic (exact) mass is 441 g/mol. The number of anilines is 1. The van der Waals surface area contributed by atoms with Gasteiger partial charge >= 0.3 is 0 Å². The maximum atomic E-state index is 12.4. The molecule has 1 N–H and O–H groups in total. The minimum atomic E-state index is -0.179. The third kappa shape index (κ3) is 5.13. The van der Waals surface area contributed by atoms with E-state index in [-0.39, 0.29) is 24.2 Å². The van der Waals surface area contributed by atoms with Crippen LogP contribution in [0.4, 0.5) is 5.69 Å². The average molecular weight is 442 g/mol. The number of carbonyl (C=O) groups is 2. The molecule has 0 unspecified atom stereocenters. The second kappa shape index (κ2) is 8.93. The molecular formula is C21H20BrN3O3. The Morgan fingerprint density at radius 3 is 2.57 bits per heavy atom. The van der Waals surface area contributed by atoms with Crippen LogP contribution in [0, 0.1) is 5.92 Å². The number of fused-ring (bicyclic) bond motifs is 1. The van der Waals surface area contributed by atoms with Gasteiger partial charge in [-0.3, -0.25) is 9.59 Å². The van der Waals surface area contributed by atoms with Gasteiger partial charge in [0.15, 0.2) is 12.4 Å². The quantitative estimate of drug-likeness (QED) is 0.540. The molecule has 0 aliphatic carbocycles. The molecule has 0 aliphatic rings. The lowest BCUT2D eigenvalue weighted by Crippen LogP contribution is -2.15. The van der Waals surface area contributed by atoms with E-state index in [9.17, 15) is 9.59 Å². The minimum absolute atomic E-state index is 0.0424. The molecule has 1 aromatic heterocycles. The number of halogens is 1. The summed E-state index contributed by atoms with van der Waals surface area (Å²) in [5.41, 5.74) is 1.90. The predicted octanol–water partition coefficient (Wildman–Crippen LogP) is 4.64. The highest BCUT2D eigenvalue weighted by molar-refractivity contribution is 9.10. The number of nitrogens with zero attached hydrogens (tertiary/aromatic N) is 2. The Morgan fingerprint density at radius 1 is 1.11 bits per heavy atom. The highest BCUT2D eigenvalue weighted by atomic mass is 79.9. The van der Waals surface area contributed by atoms with Gasteiger partial charge in [0.2, 0.25) is 11.8 Å². The van der Waals surface area contributed by atoms with Crippen LogP contribution < -0.4 is 10.1 Å². The molecule has 28 heavy (non-hydrogen) atoms. The average Bonchev–Trinajstić information content (AvgIpc) is 2.66. The van der Waals surface area contributed by atoms with Crippen LogP contribution in [-0.4, -0.2) is 28.3 Å². The van der Waals surface area contributed by atoms with Crippen molar-refractivity contribution in [1.82, 2.24) is 9.97 Å². The van der Waals surface area contributed by atoms with E-state index in [0.717, 1.165) is 15.4 Å². The van der Waals surface area contributed by atoms with E-state index in [1.807, 2.05) is 32.0 Å². The van der Waals surface area contributed by atoms with E-state index in [1.165, 1.54) is 6.33 Å². The van der Waals surface area contributed by atoms with Gasteiger partial charge in [0, 0.05) is 22.1 Å². The van der Waals surface area contributed by atoms with Gasteiger partial charge in [-0.15, -0.1) is 0 Å². The fourth-order valence-electron chi connectivity index (χ4n) is 2.66. The van der Waals surface area contributed by atoms with Crippen molar-refractivity contribution in [2.24, 2.45) is 5.92 Å². The molecule has 1 amide bonds. The number of benzene rings is 2. The molecule has 0 atom stereocenters. The second-order valence-corrected chi connectivity index (χ2v) is 7.69. The molecule has 3 rings (SSSR count). The standard InChI is InChI=1S/C21H20BrN3O3/c1-13(2)9-20(27)25-16-6-3-14(4-7-16)19(26)11-28-21-17-10-15(22)5-8-18(17)23-12-24-21/h3-8,10,12-13H,9,11H2,1-2H3,(H,25,27). The number of Topliss-reactive ketones (excluding diaryl/α,β-unsaturated/α-hetero) is 1. The van der Waals surface area contributed by atoms with Gasteiger partial charge in [-0.2, -0.15) is 0 Å². The summed E-state index contributed by atoms with van der Waals surface area (Å²) in [5, 5.41) is 3.55. The summed E-state index contributed by atoms with van der Waals surface area (Å²) < 4.78 is 6.51. The first-order valence-electron chi connectivity index (χ1n) is 8.88. The first kappa shape index (κ1) is 19.9. The van der Waals surface area contributed by atoms with Crippen molar-refractivity contribution in [3.05, 3.63) is 58.8 Å². The number of nitrogens with one attached hydrogen (secondary N) is 1. The summed E-state index contributed by atoms with van der Waals surface area (Å²) in [6, 6.07) is 12.3. The molecule has 0 saturated heterocycles. The molecule has 144 valence electrons. The Kier molecular flexibility index (Phi) is 6.36. The maximum absolute atomic E-state index is 12.4. The van der Waals surface area contributed by atoms with Crippen LogP contribution in [0.25, 0.3) is 10.9 Å². The predicted molar refractivity (Wildman–Crippen MR) is 112 cm³/mol. The SMILES string of the molecule is CC(C)CC(=O)Nc1ccc(C(=O)COc2ncnc3ccc(Br)cc23)cc1. The van der Waals surface area contributed by atoms with E-state index < -0.39 is 0 Å². The number of carbonyl (C=O) groups excluding carboxylic acids is 2. The van der Waals surface area contributed by atoms with Crippen molar-refractivity contribution < 1.29 is 14.3 Å². The number of ether oxygens (including phenoxy) is 1. The van der Waals surface area contributed by atoms with E-state index in [0.29, 0.717) is 23.6 Å². The summed E-state index contributed by atoms with van der Waals surface area (Å²) in [6.45, 7) is 3.83. The molecule has 0 aliphatic heterocycles. The van der Waals surface area contributed by atoms with E-state index in [2.05, 4.69) is 31.2 Å². The fourth-order valence-corrected chi connectivity index (χ4v) is 3.02. The zero-order chi connectivity index (χ0) is 20.1. The molecule has 0 fully saturated rings. The number of ketones is 1. The molecule has 3 aromatic rings. The summed E-state index contributed by atoms with van der Waals surface area (Å²) in [4.78, 5) is 32.6. The van der Waals surface area contributed by atoms with E-state index >= 15 is 0 Å². The second-order valence-electron chi connectivity index (χ2n) is 6.78. The lowest BCUT2D eigenvalue weighted by Gasteiger charge is -2.09. The third-order valence-corrected chi connectivity index (χ3v) is 4.48. The van der Waals surface area contributed by atoms with Gasteiger partial charge in [0.05, 0.1) is 10.9 Å². The number of aromatic nitrogens is 2. The van der Waals surface area contributed by atoms with Crippen molar-refractivity contribution in [1.29, 1.82) is 0 Å². The van der Waals surface area contributed by atoms with Crippen LogP contribution in [0.1, 0.15) is 30.6 Å². The van der Waals surface area contributed by atoms with Gasteiger partial charge in [-0.05, 0) is 48.4 Å². The summed E-state index contributed by atoms with van der Waals surface area (Å²) >= 11 is 3.41. The number of amides is 1. The number of hydrogen-bond donors (Lipinski definition) is 1. The first-order valence-corrected chi connectivity index (χ1v) is 9.68. The minimum Gasteiger partial charge on any atom is -0.469 e. The Labute approximate surface area is 171 Å². The van der Waals surface area contributed by atoms with Crippen LogP contribution in [0.5, 0.6) is 5.88 Å². The molecule has 6 nitrogen and oxygen atoms in total. The molecule has 2 aromatic carbocycles. The smallest absolute Gasteiger partial charge is 0.224 e. The van der Waals surface area contributed by atoms with Crippen molar-refractivity contribution in [2.45, 2.75) is 20.3 Å². The lowest BCUT2D eigenvalue weighted by atomic mass is 10.1. The van der Waals surface area contributed by atoms with Crippen molar-refractivity contribution in [3.8, 4) is 5.88 Å². The third-order valence-electron chi connectivity index (χ3n) is 3.99. The highest BCUT2D eigenvalue weighted by Gasteiger charge is 2.11. The molecule has 0 bridgehead atoms. The molecule has 0 saturated carbocycles. The number of rotatable bonds is 7. The van der Waals surface area contributed by atoms with Crippen LogP contribution in [0.2, 0.25) is 0 Å². The molecule has 0 radical (unpaired) electrons. The van der Waals surface area contributed by atoms with Gasteiger partial charge < -0.3 is 10.1 Å². The zero-order valence-electron chi connectivity index (χ0n) is 15.6. The fraction of sp³-hybridized carbons (Fsp3) is 0.238. The topological polar surface area (TPSA) is 81.2 Å². The summed E-state index contributed by atoms with van der Waals surface area (Å²) in [5.74, 6) is 0.426. The normalized spacial score (nSPS) is 10.9. The highest BCUT2D eigenvalue weighted by Crippen LogP contribution is 2.25. The van der Waals surface area contributed by atoms with Crippen LogP contribution >= 0.6 is 15.9 Å². The van der Waals surface area contributed by atoms with Gasteiger partial charge in [0.25, 0.3) is 0 Å². The first-order chi connectivity index (χ1) is 13.4.